The van der Waals surface area contributed by atoms with Gasteiger partial charge >= 0.3 is 11.7 Å². The van der Waals surface area contributed by atoms with Gasteiger partial charge in [0, 0.05) is 11.5 Å². The first-order chi connectivity index (χ1) is 8.11. The van der Waals surface area contributed by atoms with Crippen LogP contribution in [0.5, 0.6) is 6.01 Å². The number of methoxy groups -OCH3 is 1. The molecule has 0 amide bonds. The molecular weight excluding hydrogens is 286 g/mol. The normalized spacial score (nSPS) is 10.5. The van der Waals surface area contributed by atoms with Gasteiger partial charge in [0.05, 0.1) is 13.7 Å². The van der Waals surface area contributed by atoms with Gasteiger partial charge in [-0.2, -0.15) is 0 Å². The molecule has 0 unspecified atom stereocenters. The standard InChI is InChI=1S/C11H12BrN3O2/c1-14-11(16)15(10(13-14)17-2)7-8-4-3-5-9(12)6-8/h3-6H,7H2,1-2H3. The summed E-state index contributed by atoms with van der Waals surface area (Å²) in [5.41, 5.74) is 0.814. The predicted octanol–water partition coefficient (Wildman–Crippen LogP) is 1.40. The summed E-state index contributed by atoms with van der Waals surface area (Å²) in [6.45, 7) is 0.440. The van der Waals surface area contributed by atoms with Gasteiger partial charge in [0.25, 0.3) is 0 Å². The molecule has 0 radical (unpaired) electrons. The molecule has 2 rings (SSSR count). The van der Waals surface area contributed by atoms with Gasteiger partial charge in [0.15, 0.2) is 0 Å². The van der Waals surface area contributed by atoms with Crippen LogP contribution < -0.4 is 10.4 Å². The molecule has 0 aliphatic heterocycles. The number of benzene rings is 1. The van der Waals surface area contributed by atoms with Crippen LogP contribution in [0, 0.1) is 0 Å². The van der Waals surface area contributed by atoms with E-state index in [-0.39, 0.29) is 5.69 Å². The Morgan fingerprint density at radius 2 is 2.24 bits per heavy atom. The summed E-state index contributed by atoms with van der Waals surface area (Å²) in [6, 6.07) is 8.08. The van der Waals surface area contributed by atoms with Crippen LogP contribution in [0.25, 0.3) is 0 Å². The minimum absolute atomic E-state index is 0.193. The number of aromatic nitrogens is 3. The maximum absolute atomic E-state index is 11.8. The molecule has 0 saturated heterocycles. The molecule has 1 heterocycles. The number of hydrogen-bond acceptors (Lipinski definition) is 3. The zero-order valence-electron chi connectivity index (χ0n) is 9.55. The smallest absolute Gasteiger partial charge is 0.348 e. The van der Waals surface area contributed by atoms with Crippen molar-refractivity contribution in [3.8, 4) is 6.01 Å². The summed E-state index contributed by atoms with van der Waals surface area (Å²) >= 11 is 3.40. The molecule has 0 atom stereocenters. The van der Waals surface area contributed by atoms with Gasteiger partial charge in [0.2, 0.25) is 0 Å². The monoisotopic (exact) mass is 297 g/mol. The van der Waals surface area contributed by atoms with Crippen LogP contribution in [-0.2, 0) is 13.6 Å². The van der Waals surface area contributed by atoms with Gasteiger partial charge in [-0.15, -0.1) is 5.10 Å². The fourth-order valence-electron chi connectivity index (χ4n) is 1.59. The summed E-state index contributed by atoms with van der Waals surface area (Å²) in [5.74, 6) is 0. The van der Waals surface area contributed by atoms with Crippen molar-refractivity contribution in [1.82, 2.24) is 14.3 Å². The lowest BCUT2D eigenvalue weighted by Gasteiger charge is -2.04. The van der Waals surface area contributed by atoms with E-state index < -0.39 is 0 Å². The second-order valence-corrected chi connectivity index (χ2v) is 4.52. The average molecular weight is 298 g/mol. The third-order valence-electron chi connectivity index (χ3n) is 2.39. The lowest BCUT2D eigenvalue weighted by molar-refractivity contribution is 0.357. The van der Waals surface area contributed by atoms with E-state index >= 15 is 0 Å². The van der Waals surface area contributed by atoms with Crippen molar-refractivity contribution >= 4 is 15.9 Å². The summed E-state index contributed by atoms with van der Waals surface area (Å²) in [7, 11) is 3.10. The van der Waals surface area contributed by atoms with Crippen molar-refractivity contribution in [2.45, 2.75) is 6.54 Å². The molecule has 0 N–H and O–H groups in total. The third kappa shape index (κ3) is 2.41. The molecule has 0 fully saturated rings. The highest BCUT2D eigenvalue weighted by molar-refractivity contribution is 9.10. The highest BCUT2D eigenvalue weighted by Gasteiger charge is 2.11. The number of aryl methyl sites for hydroxylation is 1. The highest BCUT2D eigenvalue weighted by Crippen LogP contribution is 2.13. The Bertz CT molecular complexity index is 589. The van der Waals surface area contributed by atoms with E-state index in [0.29, 0.717) is 12.6 Å². The van der Waals surface area contributed by atoms with Crippen LogP contribution in [0.4, 0.5) is 0 Å². The maximum atomic E-state index is 11.8. The molecule has 0 aliphatic carbocycles. The Morgan fingerprint density at radius 1 is 1.47 bits per heavy atom. The van der Waals surface area contributed by atoms with E-state index in [1.54, 1.807) is 7.05 Å². The number of hydrogen-bond donors (Lipinski definition) is 0. The van der Waals surface area contributed by atoms with Gasteiger partial charge in [-0.1, -0.05) is 28.1 Å². The molecule has 0 saturated carbocycles. The van der Waals surface area contributed by atoms with Crippen molar-refractivity contribution in [2.75, 3.05) is 7.11 Å². The minimum atomic E-state index is -0.193. The molecule has 0 bridgehead atoms. The Labute approximate surface area is 107 Å². The van der Waals surface area contributed by atoms with Crippen LogP contribution in [-0.4, -0.2) is 21.5 Å². The first-order valence-corrected chi connectivity index (χ1v) is 5.83. The number of nitrogens with zero attached hydrogens (tertiary/aromatic N) is 3. The number of ether oxygens (including phenoxy) is 1. The average Bonchev–Trinajstić information content (AvgIpc) is 2.57. The lowest BCUT2D eigenvalue weighted by Crippen LogP contribution is -2.23. The molecule has 17 heavy (non-hydrogen) atoms. The van der Waals surface area contributed by atoms with Crippen molar-refractivity contribution in [3.63, 3.8) is 0 Å². The van der Waals surface area contributed by atoms with E-state index in [1.807, 2.05) is 24.3 Å². The summed E-state index contributed by atoms with van der Waals surface area (Å²) in [5, 5.41) is 3.98. The maximum Gasteiger partial charge on any atom is 0.348 e. The van der Waals surface area contributed by atoms with Crippen molar-refractivity contribution < 1.29 is 4.74 Å². The van der Waals surface area contributed by atoms with Gasteiger partial charge < -0.3 is 4.74 Å². The molecule has 2 aromatic rings. The van der Waals surface area contributed by atoms with Crippen LogP contribution in [0.15, 0.2) is 33.5 Å². The Kier molecular flexibility index (Phi) is 3.33. The van der Waals surface area contributed by atoms with E-state index in [0.717, 1.165) is 10.0 Å². The number of halogens is 1. The second-order valence-electron chi connectivity index (χ2n) is 3.61. The molecule has 5 nitrogen and oxygen atoms in total. The van der Waals surface area contributed by atoms with Gasteiger partial charge in [-0.05, 0) is 17.7 Å². The first kappa shape index (κ1) is 11.9. The second kappa shape index (κ2) is 4.75. The van der Waals surface area contributed by atoms with Crippen molar-refractivity contribution in [3.05, 3.63) is 44.8 Å². The van der Waals surface area contributed by atoms with Crippen LogP contribution in [0.2, 0.25) is 0 Å². The third-order valence-corrected chi connectivity index (χ3v) is 2.88. The summed E-state index contributed by atoms with van der Waals surface area (Å²) in [4.78, 5) is 11.8. The van der Waals surface area contributed by atoms with E-state index in [9.17, 15) is 4.79 Å². The lowest BCUT2D eigenvalue weighted by atomic mass is 10.2. The van der Waals surface area contributed by atoms with E-state index in [2.05, 4.69) is 21.0 Å². The predicted molar refractivity (Wildman–Crippen MR) is 67.3 cm³/mol. The van der Waals surface area contributed by atoms with Gasteiger partial charge in [0.1, 0.15) is 0 Å². The largest absolute Gasteiger partial charge is 0.467 e. The molecule has 0 spiro atoms. The topological polar surface area (TPSA) is 49.1 Å². The van der Waals surface area contributed by atoms with Crippen LogP contribution >= 0.6 is 15.9 Å². The zero-order chi connectivity index (χ0) is 12.4. The van der Waals surface area contributed by atoms with Crippen LogP contribution in [0.3, 0.4) is 0 Å². The van der Waals surface area contributed by atoms with Gasteiger partial charge in [-0.3, -0.25) is 0 Å². The molecule has 0 aliphatic rings. The summed E-state index contributed by atoms with van der Waals surface area (Å²) in [6.07, 6.45) is 0. The molecule has 1 aromatic carbocycles. The molecular formula is C11H12BrN3O2. The summed E-state index contributed by atoms with van der Waals surface area (Å²) < 4.78 is 8.80. The number of rotatable bonds is 3. The Hall–Kier alpha value is -1.56. The quantitative estimate of drug-likeness (QED) is 0.860. The minimum Gasteiger partial charge on any atom is -0.467 e. The van der Waals surface area contributed by atoms with Crippen molar-refractivity contribution in [1.29, 1.82) is 0 Å². The SMILES string of the molecule is COc1nn(C)c(=O)n1Cc1cccc(Br)c1. The Morgan fingerprint density at radius 3 is 2.88 bits per heavy atom. The Balaban J connectivity index is 2.39. The fourth-order valence-corrected chi connectivity index (χ4v) is 2.03. The molecule has 1 aromatic heterocycles. The van der Waals surface area contributed by atoms with E-state index in [4.69, 9.17) is 4.74 Å². The molecule has 6 heteroatoms. The van der Waals surface area contributed by atoms with E-state index in [1.165, 1.54) is 16.4 Å². The van der Waals surface area contributed by atoms with Crippen LogP contribution in [0.1, 0.15) is 5.56 Å². The highest BCUT2D eigenvalue weighted by atomic mass is 79.9. The fraction of sp³-hybridized carbons (Fsp3) is 0.273. The molecule has 90 valence electrons. The van der Waals surface area contributed by atoms with Gasteiger partial charge in [-0.25, -0.2) is 14.0 Å². The van der Waals surface area contributed by atoms with Crippen molar-refractivity contribution in [2.24, 2.45) is 7.05 Å². The zero-order valence-corrected chi connectivity index (χ0v) is 11.1. The first-order valence-electron chi connectivity index (χ1n) is 5.04.